The van der Waals surface area contributed by atoms with Crippen molar-refractivity contribution in [2.24, 2.45) is 0 Å². The van der Waals surface area contributed by atoms with Crippen LogP contribution in [0.2, 0.25) is 0 Å². The molecular weight excluding hydrogens is 428 g/mol. The average molecular weight is 452 g/mol. The fourth-order valence-corrected chi connectivity index (χ4v) is 4.22. The van der Waals surface area contributed by atoms with E-state index in [9.17, 15) is 14.4 Å². The quantitative estimate of drug-likeness (QED) is 0.579. The molecule has 9 heteroatoms. The van der Waals surface area contributed by atoms with Crippen LogP contribution in [0, 0.1) is 0 Å². The van der Waals surface area contributed by atoms with Crippen LogP contribution in [0.3, 0.4) is 0 Å². The minimum absolute atomic E-state index is 0.262. The molecule has 2 bridgehead atoms. The Morgan fingerprint density at radius 3 is 2.24 bits per heavy atom. The first kappa shape index (κ1) is 22.3. The largest absolute Gasteiger partial charge is 0.478 e. The molecule has 1 amide bonds. The van der Waals surface area contributed by atoms with Gasteiger partial charge in [-0.1, -0.05) is 30.3 Å². The Bertz CT molecular complexity index is 1190. The summed E-state index contributed by atoms with van der Waals surface area (Å²) in [4.78, 5) is 36.2. The average Bonchev–Trinajstić information content (AvgIpc) is 2.93. The third-order valence-electron chi connectivity index (χ3n) is 5.82. The SMILES string of the molecule is O=C(O)/C=C/C(=O)O.O=C(Oc1cccc2c1oc1ccccc12)N1CCN2CCC1CC2. The molecule has 0 aliphatic carbocycles. The fraction of sp³-hybridized carbons (Fsp3) is 0.292. The van der Waals surface area contributed by atoms with E-state index in [-0.39, 0.29) is 6.09 Å². The van der Waals surface area contributed by atoms with E-state index in [1.165, 1.54) is 0 Å². The molecule has 6 rings (SSSR count). The van der Waals surface area contributed by atoms with Gasteiger partial charge in [0.2, 0.25) is 0 Å². The molecule has 172 valence electrons. The molecule has 3 fully saturated rings. The van der Waals surface area contributed by atoms with Gasteiger partial charge in [0.15, 0.2) is 11.3 Å². The second-order valence-electron chi connectivity index (χ2n) is 7.88. The molecule has 2 aromatic carbocycles. The van der Waals surface area contributed by atoms with E-state index in [1.807, 2.05) is 41.3 Å². The molecule has 0 spiro atoms. The van der Waals surface area contributed by atoms with Gasteiger partial charge in [-0.3, -0.25) is 0 Å². The van der Waals surface area contributed by atoms with Crippen molar-refractivity contribution in [3.8, 4) is 5.75 Å². The van der Waals surface area contributed by atoms with E-state index in [0.717, 1.165) is 55.4 Å². The van der Waals surface area contributed by atoms with Crippen molar-refractivity contribution in [2.45, 2.75) is 18.9 Å². The first-order valence-electron chi connectivity index (χ1n) is 10.7. The summed E-state index contributed by atoms with van der Waals surface area (Å²) in [5, 5.41) is 17.6. The Morgan fingerprint density at radius 2 is 1.55 bits per heavy atom. The van der Waals surface area contributed by atoms with Crippen molar-refractivity contribution >= 4 is 40.0 Å². The molecule has 9 nitrogen and oxygen atoms in total. The van der Waals surface area contributed by atoms with E-state index in [2.05, 4.69) is 4.90 Å². The third kappa shape index (κ3) is 5.15. The standard InChI is InChI=1S/C20H20N2O3.C4H4O4/c23-20(22-13-12-21-10-8-14(22)9-11-21)25-18-7-3-5-16-15-4-1-2-6-17(15)24-19(16)18;5-3(6)1-2-4(7)8/h1-7,14H,8-13H2;1-2H,(H,5,6)(H,7,8)/b;2-1+. The lowest BCUT2D eigenvalue weighted by Crippen LogP contribution is -2.43. The molecule has 33 heavy (non-hydrogen) atoms. The van der Waals surface area contributed by atoms with Crippen LogP contribution in [-0.4, -0.2) is 70.3 Å². The summed E-state index contributed by atoms with van der Waals surface area (Å²) in [7, 11) is 0. The number of piperidine rings is 1. The number of ether oxygens (including phenoxy) is 1. The number of hydrogen-bond donors (Lipinski definition) is 2. The molecule has 0 unspecified atom stereocenters. The van der Waals surface area contributed by atoms with Gasteiger partial charge in [0.05, 0.1) is 0 Å². The number of carboxylic acid groups (broad SMARTS) is 2. The molecule has 3 aliphatic heterocycles. The smallest absolute Gasteiger partial charge is 0.415 e. The number of benzene rings is 2. The van der Waals surface area contributed by atoms with Crippen molar-refractivity contribution in [2.75, 3.05) is 26.2 Å². The van der Waals surface area contributed by atoms with Gasteiger partial charge >= 0.3 is 18.0 Å². The molecule has 1 aromatic heterocycles. The van der Waals surface area contributed by atoms with Crippen molar-refractivity contribution in [1.82, 2.24) is 9.80 Å². The predicted molar refractivity (Wildman–Crippen MR) is 120 cm³/mol. The zero-order valence-electron chi connectivity index (χ0n) is 17.8. The van der Waals surface area contributed by atoms with E-state index < -0.39 is 11.9 Å². The van der Waals surface area contributed by atoms with E-state index >= 15 is 0 Å². The maximum absolute atomic E-state index is 12.8. The summed E-state index contributed by atoms with van der Waals surface area (Å²) in [6, 6.07) is 13.9. The molecule has 0 atom stereocenters. The Hall–Kier alpha value is -3.85. The molecule has 3 aliphatic rings. The van der Waals surface area contributed by atoms with E-state index in [0.29, 0.717) is 29.5 Å². The zero-order valence-corrected chi connectivity index (χ0v) is 17.8. The minimum Gasteiger partial charge on any atom is -0.478 e. The first-order chi connectivity index (χ1) is 15.9. The van der Waals surface area contributed by atoms with Crippen molar-refractivity contribution in [3.05, 3.63) is 54.6 Å². The molecule has 4 heterocycles. The summed E-state index contributed by atoms with van der Waals surface area (Å²) in [5.74, 6) is -2.02. The highest BCUT2D eigenvalue weighted by molar-refractivity contribution is 6.07. The van der Waals surface area contributed by atoms with Crippen LogP contribution in [0.15, 0.2) is 59.0 Å². The number of amides is 1. The Kier molecular flexibility index (Phi) is 6.60. The van der Waals surface area contributed by atoms with Crippen molar-refractivity contribution < 1.29 is 33.8 Å². The maximum atomic E-state index is 12.8. The van der Waals surface area contributed by atoms with Gasteiger partial charge < -0.3 is 29.2 Å². The summed E-state index contributed by atoms with van der Waals surface area (Å²) >= 11 is 0. The molecule has 3 saturated heterocycles. The maximum Gasteiger partial charge on any atom is 0.415 e. The van der Waals surface area contributed by atoms with E-state index in [1.54, 1.807) is 6.07 Å². The van der Waals surface area contributed by atoms with Crippen LogP contribution < -0.4 is 4.74 Å². The summed E-state index contributed by atoms with van der Waals surface area (Å²) in [6.45, 7) is 3.82. The number of furan rings is 1. The highest BCUT2D eigenvalue weighted by Crippen LogP contribution is 2.35. The lowest BCUT2D eigenvalue weighted by atomic mass is 10.1. The minimum atomic E-state index is -1.26. The van der Waals surface area contributed by atoms with Crippen LogP contribution >= 0.6 is 0 Å². The second-order valence-corrected chi connectivity index (χ2v) is 7.88. The van der Waals surface area contributed by atoms with Gasteiger partial charge in [0.25, 0.3) is 0 Å². The number of carbonyl (C=O) groups is 3. The van der Waals surface area contributed by atoms with Gasteiger partial charge in [0.1, 0.15) is 5.58 Å². The highest BCUT2D eigenvalue weighted by Gasteiger charge is 2.33. The van der Waals surface area contributed by atoms with Crippen LogP contribution in [0.25, 0.3) is 21.9 Å². The normalized spacial score (nSPS) is 19.8. The summed E-state index contributed by atoms with van der Waals surface area (Å²) in [5.41, 5.74) is 1.45. The number of carboxylic acids is 2. The molecule has 2 N–H and O–H groups in total. The fourth-order valence-electron chi connectivity index (χ4n) is 4.22. The van der Waals surface area contributed by atoms with Crippen LogP contribution in [0.4, 0.5) is 4.79 Å². The molecular formula is C24H24N2O7. The lowest BCUT2D eigenvalue weighted by Gasteiger charge is -2.30. The monoisotopic (exact) mass is 452 g/mol. The van der Waals surface area contributed by atoms with Crippen molar-refractivity contribution in [3.63, 3.8) is 0 Å². The van der Waals surface area contributed by atoms with Gasteiger partial charge in [-0.15, -0.1) is 0 Å². The molecule has 0 saturated carbocycles. The number of nitrogens with zero attached hydrogens (tertiary/aromatic N) is 2. The highest BCUT2D eigenvalue weighted by atomic mass is 16.6. The van der Waals surface area contributed by atoms with Crippen molar-refractivity contribution in [1.29, 1.82) is 0 Å². The number of aliphatic carboxylic acids is 2. The predicted octanol–water partition coefficient (Wildman–Crippen LogP) is 3.58. The number of para-hydroxylation sites is 2. The molecule has 0 radical (unpaired) electrons. The topological polar surface area (TPSA) is 121 Å². The third-order valence-corrected chi connectivity index (χ3v) is 5.82. The Balaban J connectivity index is 0.000000281. The van der Waals surface area contributed by atoms with E-state index in [4.69, 9.17) is 19.4 Å². The summed E-state index contributed by atoms with van der Waals surface area (Å²) in [6.07, 6.45) is 2.92. The van der Waals surface area contributed by atoms with Gasteiger partial charge in [0, 0.05) is 55.1 Å². The van der Waals surface area contributed by atoms with Gasteiger partial charge in [-0.25, -0.2) is 14.4 Å². The van der Waals surface area contributed by atoms with Gasteiger partial charge in [-0.05, 0) is 25.0 Å². The van der Waals surface area contributed by atoms with Gasteiger partial charge in [-0.2, -0.15) is 0 Å². The Morgan fingerprint density at radius 1 is 0.879 bits per heavy atom. The first-order valence-corrected chi connectivity index (χ1v) is 10.7. The lowest BCUT2D eigenvalue weighted by molar-refractivity contribution is -0.134. The van der Waals surface area contributed by atoms with Crippen LogP contribution in [0.1, 0.15) is 12.8 Å². The summed E-state index contributed by atoms with van der Waals surface area (Å²) < 4.78 is 11.7. The van der Waals surface area contributed by atoms with Crippen LogP contribution in [0.5, 0.6) is 5.75 Å². The number of rotatable bonds is 3. The molecule has 3 aromatic rings. The number of fused-ring (bicyclic) bond motifs is 7. The Labute approximate surface area is 189 Å². The van der Waals surface area contributed by atoms with Crippen LogP contribution in [-0.2, 0) is 9.59 Å². The second kappa shape index (κ2) is 9.74. The number of carbonyl (C=O) groups excluding carboxylic acids is 1. The number of hydrogen-bond acceptors (Lipinski definition) is 6. The zero-order chi connectivity index (χ0) is 23.4.